The first-order valence-corrected chi connectivity index (χ1v) is 5.53. The molecule has 4 nitrogen and oxygen atoms in total. The van der Waals surface area contributed by atoms with E-state index < -0.39 is 4.92 Å². The van der Waals surface area contributed by atoms with E-state index >= 15 is 0 Å². The van der Waals surface area contributed by atoms with Crippen molar-refractivity contribution in [3.05, 3.63) is 39.9 Å². The van der Waals surface area contributed by atoms with Crippen molar-refractivity contribution in [3.63, 3.8) is 0 Å². The van der Waals surface area contributed by atoms with Crippen LogP contribution in [-0.2, 0) is 6.42 Å². The summed E-state index contributed by atoms with van der Waals surface area (Å²) in [6.45, 7) is 4.23. The van der Waals surface area contributed by atoms with E-state index in [0.29, 0.717) is 5.92 Å². The van der Waals surface area contributed by atoms with Crippen LogP contribution in [-0.4, -0.2) is 11.0 Å². The zero-order chi connectivity index (χ0) is 12.1. The smallest absolute Gasteiger partial charge is 0.269 e. The maximum atomic E-state index is 10.5. The van der Waals surface area contributed by atoms with Gasteiger partial charge in [0.15, 0.2) is 0 Å². The molecule has 2 atom stereocenters. The van der Waals surface area contributed by atoms with E-state index in [-0.39, 0.29) is 11.7 Å². The second-order valence-electron chi connectivity index (χ2n) is 4.18. The summed E-state index contributed by atoms with van der Waals surface area (Å²) in [7, 11) is 0. The average Bonchev–Trinajstić information content (AvgIpc) is 2.28. The average molecular weight is 222 g/mol. The molecule has 0 amide bonds. The van der Waals surface area contributed by atoms with Gasteiger partial charge >= 0.3 is 0 Å². The first-order chi connectivity index (χ1) is 7.54. The summed E-state index contributed by atoms with van der Waals surface area (Å²) < 4.78 is 0. The molecule has 2 N–H and O–H groups in total. The Morgan fingerprint density at radius 1 is 1.38 bits per heavy atom. The van der Waals surface area contributed by atoms with E-state index in [1.165, 1.54) is 12.1 Å². The van der Waals surface area contributed by atoms with Crippen LogP contribution in [0.1, 0.15) is 25.8 Å². The maximum absolute atomic E-state index is 10.5. The summed E-state index contributed by atoms with van der Waals surface area (Å²) in [4.78, 5) is 10.1. The SMILES string of the molecule is CCC(C)C(N)Cc1ccc([N+](=O)[O-])cc1. The number of nitrogens with zero attached hydrogens (tertiary/aromatic N) is 1. The van der Waals surface area contributed by atoms with Gasteiger partial charge in [-0.05, 0) is 17.9 Å². The third kappa shape index (κ3) is 3.31. The Morgan fingerprint density at radius 3 is 2.38 bits per heavy atom. The van der Waals surface area contributed by atoms with Crippen LogP contribution in [0, 0.1) is 16.0 Å². The Hall–Kier alpha value is -1.42. The van der Waals surface area contributed by atoms with Gasteiger partial charge in [0, 0.05) is 18.2 Å². The van der Waals surface area contributed by atoms with Crippen molar-refractivity contribution >= 4 is 5.69 Å². The number of hydrogen-bond acceptors (Lipinski definition) is 3. The predicted octanol–water partition coefficient (Wildman–Crippen LogP) is 2.51. The van der Waals surface area contributed by atoms with Crippen LogP contribution in [0.25, 0.3) is 0 Å². The Kier molecular flexibility index (Phi) is 4.43. The molecule has 0 bridgehead atoms. The van der Waals surface area contributed by atoms with Crippen LogP contribution in [0.2, 0.25) is 0 Å². The van der Waals surface area contributed by atoms with Crippen LogP contribution >= 0.6 is 0 Å². The van der Waals surface area contributed by atoms with Gasteiger partial charge in [0.25, 0.3) is 5.69 Å². The van der Waals surface area contributed by atoms with Crippen LogP contribution in [0.3, 0.4) is 0 Å². The van der Waals surface area contributed by atoms with Gasteiger partial charge in [-0.2, -0.15) is 0 Å². The fraction of sp³-hybridized carbons (Fsp3) is 0.500. The Balaban J connectivity index is 2.65. The monoisotopic (exact) mass is 222 g/mol. The predicted molar refractivity (Wildman–Crippen MR) is 64.2 cm³/mol. The number of nitrogens with two attached hydrogens (primary N) is 1. The van der Waals surface area contributed by atoms with Crippen LogP contribution in [0.15, 0.2) is 24.3 Å². The minimum absolute atomic E-state index is 0.117. The fourth-order valence-corrected chi connectivity index (χ4v) is 1.53. The quantitative estimate of drug-likeness (QED) is 0.614. The largest absolute Gasteiger partial charge is 0.327 e. The zero-order valence-corrected chi connectivity index (χ0v) is 9.72. The zero-order valence-electron chi connectivity index (χ0n) is 9.72. The summed E-state index contributed by atoms with van der Waals surface area (Å²) in [5, 5.41) is 10.5. The van der Waals surface area contributed by atoms with E-state index in [0.717, 1.165) is 18.4 Å². The van der Waals surface area contributed by atoms with Gasteiger partial charge in [0.05, 0.1) is 4.92 Å². The lowest BCUT2D eigenvalue weighted by Gasteiger charge is -2.17. The van der Waals surface area contributed by atoms with Gasteiger partial charge in [-0.25, -0.2) is 0 Å². The van der Waals surface area contributed by atoms with Gasteiger partial charge < -0.3 is 5.73 Å². The topological polar surface area (TPSA) is 69.2 Å². The third-order valence-corrected chi connectivity index (χ3v) is 2.99. The van der Waals surface area contributed by atoms with Crippen molar-refractivity contribution in [3.8, 4) is 0 Å². The summed E-state index contributed by atoms with van der Waals surface area (Å²) >= 11 is 0. The number of nitro groups is 1. The molecule has 0 aliphatic carbocycles. The Morgan fingerprint density at radius 2 is 1.94 bits per heavy atom. The minimum atomic E-state index is -0.390. The lowest BCUT2D eigenvalue weighted by Crippen LogP contribution is -2.30. The molecule has 0 saturated heterocycles. The first kappa shape index (κ1) is 12.6. The van der Waals surface area contributed by atoms with Crippen molar-refractivity contribution in [1.82, 2.24) is 0 Å². The summed E-state index contributed by atoms with van der Waals surface area (Å²) in [6, 6.07) is 6.73. The molecule has 0 spiro atoms. The second-order valence-corrected chi connectivity index (χ2v) is 4.18. The lowest BCUT2D eigenvalue weighted by atomic mass is 9.94. The molecule has 16 heavy (non-hydrogen) atoms. The van der Waals surface area contributed by atoms with Gasteiger partial charge in [0.2, 0.25) is 0 Å². The molecule has 0 fully saturated rings. The lowest BCUT2D eigenvalue weighted by molar-refractivity contribution is -0.384. The van der Waals surface area contributed by atoms with Crippen molar-refractivity contribution in [2.24, 2.45) is 11.7 Å². The van der Waals surface area contributed by atoms with Crippen molar-refractivity contribution in [2.45, 2.75) is 32.7 Å². The van der Waals surface area contributed by atoms with Crippen molar-refractivity contribution < 1.29 is 4.92 Å². The molecule has 2 unspecified atom stereocenters. The van der Waals surface area contributed by atoms with E-state index in [1.54, 1.807) is 12.1 Å². The van der Waals surface area contributed by atoms with Gasteiger partial charge in [0.1, 0.15) is 0 Å². The van der Waals surface area contributed by atoms with Crippen LogP contribution in [0.4, 0.5) is 5.69 Å². The molecule has 0 heterocycles. The second kappa shape index (κ2) is 5.61. The van der Waals surface area contributed by atoms with E-state index in [2.05, 4.69) is 13.8 Å². The molecule has 4 heteroatoms. The standard InChI is InChI=1S/C12H18N2O2/c1-3-9(2)12(13)8-10-4-6-11(7-5-10)14(15)16/h4-7,9,12H,3,8,13H2,1-2H3. The molecule has 88 valence electrons. The summed E-state index contributed by atoms with van der Waals surface area (Å²) in [6.07, 6.45) is 1.82. The van der Waals surface area contributed by atoms with Crippen LogP contribution in [0.5, 0.6) is 0 Å². The molecule has 1 rings (SSSR count). The highest BCUT2D eigenvalue weighted by atomic mass is 16.6. The van der Waals surface area contributed by atoms with E-state index in [1.807, 2.05) is 0 Å². The molecule has 0 saturated carbocycles. The third-order valence-electron chi connectivity index (χ3n) is 2.99. The minimum Gasteiger partial charge on any atom is -0.327 e. The molecule has 0 radical (unpaired) electrons. The number of rotatable bonds is 5. The first-order valence-electron chi connectivity index (χ1n) is 5.53. The fourth-order valence-electron chi connectivity index (χ4n) is 1.53. The maximum Gasteiger partial charge on any atom is 0.269 e. The van der Waals surface area contributed by atoms with Gasteiger partial charge in [-0.15, -0.1) is 0 Å². The van der Waals surface area contributed by atoms with Gasteiger partial charge in [-0.3, -0.25) is 10.1 Å². The molecule has 1 aromatic carbocycles. The highest BCUT2D eigenvalue weighted by Crippen LogP contribution is 2.15. The Labute approximate surface area is 95.6 Å². The highest BCUT2D eigenvalue weighted by Gasteiger charge is 2.12. The molecule has 0 aliphatic rings. The van der Waals surface area contributed by atoms with Crippen molar-refractivity contribution in [2.75, 3.05) is 0 Å². The number of benzene rings is 1. The Bertz CT molecular complexity index is 349. The summed E-state index contributed by atoms with van der Waals surface area (Å²) in [5.74, 6) is 0.468. The number of nitro benzene ring substituents is 1. The molecular formula is C12H18N2O2. The number of non-ortho nitro benzene ring substituents is 1. The molecule has 0 aliphatic heterocycles. The summed E-state index contributed by atoms with van der Waals surface area (Å²) in [5.41, 5.74) is 7.20. The van der Waals surface area contributed by atoms with Crippen molar-refractivity contribution in [1.29, 1.82) is 0 Å². The van der Waals surface area contributed by atoms with Gasteiger partial charge in [-0.1, -0.05) is 32.4 Å². The molecule has 1 aromatic rings. The number of hydrogen-bond donors (Lipinski definition) is 1. The molecular weight excluding hydrogens is 204 g/mol. The van der Waals surface area contributed by atoms with Crippen LogP contribution < -0.4 is 5.73 Å². The normalized spacial score (nSPS) is 14.4. The molecule has 0 aromatic heterocycles. The van der Waals surface area contributed by atoms with E-state index in [4.69, 9.17) is 5.73 Å². The highest BCUT2D eigenvalue weighted by molar-refractivity contribution is 5.33. The van der Waals surface area contributed by atoms with E-state index in [9.17, 15) is 10.1 Å².